The van der Waals surface area contributed by atoms with Gasteiger partial charge < -0.3 is 15.1 Å². The summed E-state index contributed by atoms with van der Waals surface area (Å²) in [5.41, 5.74) is 3.79. The van der Waals surface area contributed by atoms with E-state index in [2.05, 4.69) is 29.4 Å². The van der Waals surface area contributed by atoms with E-state index in [-0.39, 0.29) is 11.8 Å². The van der Waals surface area contributed by atoms with Gasteiger partial charge in [-0.3, -0.25) is 9.59 Å². The minimum atomic E-state index is 0.0119. The molecule has 2 aromatic rings. The van der Waals surface area contributed by atoms with Crippen LogP contribution in [0.2, 0.25) is 0 Å². The molecule has 0 aromatic heterocycles. The predicted octanol–water partition coefficient (Wildman–Crippen LogP) is 2.78. The third-order valence-electron chi connectivity index (χ3n) is 4.71. The Morgan fingerprint density at radius 2 is 1.81 bits per heavy atom. The van der Waals surface area contributed by atoms with Gasteiger partial charge >= 0.3 is 0 Å². The fraction of sp³-hybridized carbons (Fsp3) is 0.333. The van der Waals surface area contributed by atoms with Crippen molar-refractivity contribution >= 4 is 17.5 Å². The normalized spacial score (nSPS) is 13.3. The van der Waals surface area contributed by atoms with Gasteiger partial charge in [-0.25, -0.2) is 0 Å². The molecule has 136 valence electrons. The summed E-state index contributed by atoms with van der Waals surface area (Å²) in [5, 5.41) is 2.85. The summed E-state index contributed by atoms with van der Waals surface area (Å²) >= 11 is 0. The van der Waals surface area contributed by atoms with Crippen molar-refractivity contribution in [1.29, 1.82) is 0 Å². The number of anilines is 1. The molecule has 5 nitrogen and oxygen atoms in total. The number of amides is 2. The lowest BCUT2D eigenvalue weighted by Crippen LogP contribution is -2.34. The first-order valence-corrected chi connectivity index (χ1v) is 8.93. The maximum atomic E-state index is 12.7. The topological polar surface area (TPSA) is 52.7 Å². The molecule has 0 saturated carbocycles. The van der Waals surface area contributed by atoms with Gasteiger partial charge in [-0.2, -0.15) is 0 Å². The van der Waals surface area contributed by atoms with E-state index in [9.17, 15) is 9.59 Å². The maximum Gasteiger partial charge on any atom is 0.253 e. The molecule has 1 N–H and O–H groups in total. The van der Waals surface area contributed by atoms with Crippen molar-refractivity contribution in [2.45, 2.75) is 19.4 Å². The zero-order valence-corrected chi connectivity index (χ0v) is 15.4. The second kappa shape index (κ2) is 8.15. The summed E-state index contributed by atoms with van der Waals surface area (Å²) in [4.78, 5) is 28.1. The Kier molecular flexibility index (Phi) is 5.68. The van der Waals surface area contributed by atoms with E-state index in [4.69, 9.17) is 0 Å². The minimum Gasteiger partial charge on any atom is -0.340 e. The molecule has 0 fully saturated rings. The average Bonchev–Trinajstić information content (AvgIpc) is 2.66. The van der Waals surface area contributed by atoms with Gasteiger partial charge in [0.15, 0.2) is 0 Å². The zero-order chi connectivity index (χ0) is 18.5. The van der Waals surface area contributed by atoms with Gasteiger partial charge in [-0.15, -0.1) is 0 Å². The van der Waals surface area contributed by atoms with E-state index in [1.54, 1.807) is 11.0 Å². The molecular formula is C21H25N3O2. The largest absolute Gasteiger partial charge is 0.340 e. The minimum absolute atomic E-state index is 0.0119. The first-order valence-electron chi connectivity index (χ1n) is 8.93. The number of nitrogens with one attached hydrogen (secondary N) is 1. The summed E-state index contributed by atoms with van der Waals surface area (Å²) in [6, 6.07) is 15.8. The first-order chi connectivity index (χ1) is 12.5. The van der Waals surface area contributed by atoms with Crippen LogP contribution in [0.15, 0.2) is 48.5 Å². The number of fused-ring (bicyclic) bond motifs is 1. The van der Waals surface area contributed by atoms with Gasteiger partial charge in [0, 0.05) is 44.4 Å². The molecule has 1 aliphatic heterocycles. The molecule has 26 heavy (non-hydrogen) atoms. The second-order valence-corrected chi connectivity index (χ2v) is 6.87. The summed E-state index contributed by atoms with van der Waals surface area (Å²) in [5.74, 6) is 0.0490. The van der Waals surface area contributed by atoms with Crippen LogP contribution in [0.25, 0.3) is 0 Å². The Bertz CT molecular complexity index is 789. The lowest BCUT2D eigenvalue weighted by atomic mass is 10.00. The number of aryl methyl sites for hydroxylation is 1. The number of likely N-dealkylation sites (N-methyl/N-ethyl adjacent to an activating group) is 2. The number of carbonyl (C=O) groups is 2. The van der Waals surface area contributed by atoms with Gasteiger partial charge in [0.1, 0.15) is 0 Å². The fourth-order valence-electron chi connectivity index (χ4n) is 3.13. The van der Waals surface area contributed by atoms with Crippen molar-refractivity contribution in [3.8, 4) is 0 Å². The van der Waals surface area contributed by atoms with Gasteiger partial charge in [-0.1, -0.05) is 30.3 Å². The SMILES string of the molecule is CN(CCN(C)C(=O)c1ccc2c(c1)CCC(=O)N2)Cc1ccccc1. The first kappa shape index (κ1) is 18.1. The highest BCUT2D eigenvalue weighted by molar-refractivity contribution is 5.97. The predicted molar refractivity (Wildman–Crippen MR) is 103 cm³/mol. The van der Waals surface area contributed by atoms with Gasteiger partial charge in [0.2, 0.25) is 5.91 Å². The zero-order valence-electron chi connectivity index (χ0n) is 15.4. The molecule has 0 atom stereocenters. The molecule has 2 amide bonds. The Morgan fingerprint density at radius 3 is 2.58 bits per heavy atom. The van der Waals surface area contributed by atoms with E-state index in [0.29, 0.717) is 24.9 Å². The molecule has 0 radical (unpaired) electrons. The number of rotatable bonds is 6. The van der Waals surface area contributed by atoms with Crippen LogP contribution in [0.1, 0.15) is 27.9 Å². The van der Waals surface area contributed by atoms with Gasteiger partial charge in [-0.05, 0) is 42.8 Å². The summed E-state index contributed by atoms with van der Waals surface area (Å²) in [6.45, 7) is 2.33. The molecule has 0 aliphatic carbocycles. The van der Waals surface area contributed by atoms with E-state index in [1.165, 1.54) is 5.56 Å². The summed E-state index contributed by atoms with van der Waals surface area (Å²) < 4.78 is 0. The second-order valence-electron chi connectivity index (χ2n) is 6.87. The monoisotopic (exact) mass is 351 g/mol. The average molecular weight is 351 g/mol. The van der Waals surface area contributed by atoms with Crippen molar-refractivity contribution in [2.75, 3.05) is 32.5 Å². The Hall–Kier alpha value is -2.66. The standard InChI is InChI=1S/C21H25N3O2/c1-23(15-16-6-4-3-5-7-16)12-13-24(2)21(26)18-8-10-19-17(14-18)9-11-20(25)22-19/h3-8,10,14H,9,11-13,15H2,1-2H3,(H,22,25). The van der Waals surface area contributed by atoms with Crippen molar-refractivity contribution in [2.24, 2.45) is 0 Å². The molecule has 0 bridgehead atoms. The number of hydrogen-bond donors (Lipinski definition) is 1. The number of benzene rings is 2. The van der Waals surface area contributed by atoms with Crippen LogP contribution >= 0.6 is 0 Å². The summed E-state index contributed by atoms with van der Waals surface area (Å²) in [7, 11) is 3.90. The van der Waals surface area contributed by atoms with Crippen LogP contribution in [0.4, 0.5) is 5.69 Å². The lowest BCUT2D eigenvalue weighted by molar-refractivity contribution is -0.116. The molecule has 1 aliphatic rings. The molecule has 5 heteroatoms. The van der Waals surface area contributed by atoms with Crippen molar-refractivity contribution in [3.05, 3.63) is 65.2 Å². The molecule has 0 spiro atoms. The van der Waals surface area contributed by atoms with Crippen LogP contribution in [0.5, 0.6) is 0 Å². The van der Waals surface area contributed by atoms with Crippen LogP contribution in [-0.4, -0.2) is 48.8 Å². The van der Waals surface area contributed by atoms with E-state index >= 15 is 0 Å². The van der Waals surface area contributed by atoms with Crippen LogP contribution < -0.4 is 5.32 Å². The van der Waals surface area contributed by atoms with E-state index < -0.39 is 0 Å². The van der Waals surface area contributed by atoms with Gasteiger partial charge in [0.05, 0.1) is 0 Å². The highest BCUT2D eigenvalue weighted by Gasteiger charge is 2.18. The molecule has 0 unspecified atom stereocenters. The van der Waals surface area contributed by atoms with Crippen molar-refractivity contribution in [1.82, 2.24) is 9.80 Å². The Balaban J connectivity index is 1.55. The van der Waals surface area contributed by atoms with Crippen molar-refractivity contribution in [3.63, 3.8) is 0 Å². The molecule has 3 rings (SSSR count). The van der Waals surface area contributed by atoms with Crippen molar-refractivity contribution < 1.29 is 9.59 Å². The smallest absolute Gasteiger partial charge is 0.253 e. The van der Waals surface area contributed by atoms with Gasteiger partial charge in [0.25, 0.3) is 5.91 Å². The van der Waals surface area contributed by atoms with E-state index in [1.807, 2.05) is 37.4 Å². The Labute approximate surface area is 154 Å². The number of nitrogens with zero attached hydrogens (tertiary/aromatic N) is 2. The Morgan fingerprint density at radius 1 is 1.04 bits per heavy atom. The molecular weight excluding hydrogens is 326 g/mol. The number of carbonyl (C=O) groups excluding carboxylic acids is 2. The quantitative estimate of drug-likeness (QED) is 0.871. The summed E-state index contributed by atoms with van der Waals surface area (Å²) in [6.07, 6.45) is 1.16. The third kappa shape index (κ3) is 4.49. The molecule has 0 saturated heterocycles. The van der Waals surface area contributed by atoms with Crippen LogP contribution in [-0.2, 0) is 17.8 Å². The third-order valence-corrected chi connectivity index (χ3v) is 4.71. The lowest BCUT2D eigenvalue weighted by Gasteiger charge is -2.23. The van der Waals surface area contributed by atoms with E-state index in [0.717, 1.165) is 24.3 Å². The fourth-order valence-corrected chi connectivity index (χ4v) is 3.13. The molecule has 1 heterocycles. The molecule has 2 aromatic carbocycles. The van der Waals surface area contributed by atoms with Crippen LogP contribution in [0, 0.1) is 0 Å². The highest BCUT2D eigenvalue weighted by Crippen LogP contribution is 2.24. The maximum absolute atomic E-state index is 12.7. The van der Waals surface area contributed by atoms with Crippen LogP contribution in [0.3, 0.4) is 0 Å². The number of hydrogen-bond acceptors (Lipinski definition) is 3. The highest BCUT2D eigenvalue weighted by atomic mass is 16.2.